The van der Waals surface area contributed by atoms with Crippen molar-refractivity contribution in [2.24, 2.45) is 0 Å². The predicted octanol–water partition coefficient (Wildman–Crippen LogP) is 4.59. The molecule has 0 saturated carbocycles. The Kier molecular flexibility index (Phi) is 4.91. The Hall–Kier alpha value is -1.67. The van der Waals surface area contributed by atoms with Gasteiger partial charge in [-0.2, -0.15) is 0 Å². The summed E-state index contributed by atoms with van der Waals surface area (Å²) in [6.45, 7) is 2.14. The zero-order valence-corrected chi connectivity index (χ0v) is 12.8. The highest BCUT2D eigenvalue weighted by molar-refractivity contribution is 6.23. The number of ether oxygens (including phenoxy) is 2. The topological polar surface area (TPSA) is 18.5 Å². The molecule has 0 heterocycles. The van der Waals surface area contributed by atoms with Crippen LogP contribution in [-0.4, -0.2) is 14.2 Å². The molecular formula is C17H19ClO2. The van der Waals surface area contributed by atoms with Crippen LogP contribution in [0.1, 0.15) is 29.0 Å². The average molecular weight is 291 g/mol. The molecule has 0 N–H and O–H groups in total. The van der Waals surface area contributed by atoms with Crippen LogP contribution in [0.25, 0.3) is 0 Å². The third-order valence-corrected chi connectivity index (χ3v) is 3.87. The van der Waals surface area contributed by atoms with Gasteiger partial charge in [0, 0.05) is 0 Å². The summed E-state index contributed by atoms with van der Waals surface area (Å²) >= 11 is 6.63. The van der Waals surface area contributed by atoms with Gasteiger partial charge in [0.25, 0.3) is 0 Å². The summed E-state index contributed by atoms with van der Waals surface area (Å²) < 4.78 is 10.8. The minimum absolute atomic E-state index is 0.299. The van der Waals surface area contributed by atoms with E-state index in [9.17, 15) is 0 Å². The summed E-state index contributed by atoms with van der Waals surface area (Å²) in [4.78, 5) is 0. The quantitative estimate of drug-likeness (QED) is 0.750. The minimum Gasteiger partial charge on any atom is -0.496 e. The standard InChI is InChI=1S/C17H19ClO2/c1-4-12-8-10-13(11-9-12)17(18)16-14(19-2)6-5-7-15(16)20-3/h5-11,17H,4H2,1-3H3. The molecule has 2 rings (SSSR count). The number of aryl methyl sites for hydroxylation is 1. The summed E-state index contributed by atoms with van der Waals surface area (Å²) in [5.41, 5.74) is 3.19. The molecule has 2 aromatic carbocycles. The van der Waals surface area contributed by atoms with E-state index in [2.05, 4.69) is 31.2 Å². The molecule has 0 saturated heterocycles. The lowest BCUT2D eigenvalue weighted by molar-refractivity contribution is 0.386. The van der Waals surface area contributed by atoms with Crippen molar-refractivity contribution in [3.8, 4) is 11.5 Å². The lowest BCUT2D eigenvalue weighted by Crippen LogP contribution is -2.01. The molecule has 106 valence electrons. The van der Waals surface area contributed by atoms with Gasteiger partial charge >= 0.3 is 0 Å². The molecular weight excluding hydrogens is 272 g/mol. The number of hydrogen-bond acceptors (Lipinski definition) is 2. The Balaban J connectivity index is 2.43. The Morgan fingerprint density at radius 2 is 1.50 bits per heavy atom. The first-order valence-corrected chi connectivity index (χ1v) is 7.08. The van der Waals surface area contributed by atoms with E-state index in [1.807, 2.05) is 18.2 Å². The SMILES string of the molecule is CCc1ccc(C(Cl)c2c(OC)cccc2OC)cc1. The molecule has 0 fully saturated rings. The van der Waals surface area contributed by atoms with Crippen LogP contribution in [0.2, 0.25) is 0 Å². The van der Waals surface area contributed by atoms with E-state index >= 15 is 0 Å². The van der Waals surface area contributed by atoms with Crippen LogP contribution in [0.4, 0.5) is 0 Å². The average Bonchev–Trinajstić information content (AvgIpc) is 2.53. The Morgan fingerprint density at radius 3 is 1.95 bits per heavy atom. The van der Waals surface area contributed by atoms with Crippen LogP contribution in [0.5, 0.6) is 11.5 Å². The van der Waals surface area contributed by atoms with Gasteiger partial charge in [-0.05, 0) is 29.7 Å². The van der Waals surface area contributed by atoms with Crippen LogP contribution in [0.3, 0.4) is 0 Å². The Morgan fingerprint density at radius 1 is 0.950 bits per heavy atom. The highest BCUT2D eigenvalue weighted by Gasteiger charge is 2.20. The van der Waals surface area contributed by atoms with E-state index in [0.29, 0.717) is 0 Å². The Labute approximate surface area is 125 Å². The number of rotatable bonds is 5. The highest BCUT2D eigenvalue weighted by atomic mass is 35.5. The third kappa shape index (κ3) is 2.91. The summed E-state index contributed by atoms with van der Waals surface area (Å²) in [6.07, 6.45) is 1.02. The van der Waals surface area contributed by atoms with Crippen molar-refractivity contribution in [1.29, 1.82) is 0 Å². The maximum absolute atomic E-state index is 6.63. The van der Waals surface area contributed by atoms with Crippen molar-refractivity contribution >= 4 is 11.6 Å². The van der Waals surface area contributed by atoms with E-state index in [1.54, 1.807) is 14.2 Å². The van der Waals surface area contributed by atoms with E-state index < -0.39 is 0 Å². The summed E-state index contributed by atoms with van der Waals surface area (Å²) in [6, 6.07) is 14.0. The van der Waals surface area contributed by atoms with Crippen molar-refractivity contribution in [3.05, 3.63) is 59.2 Å². The van der Waals surface area contributed by atoms with Crippen molar-refractivity contribution < 1.29 is 9.47 Å². The molecule has 0 aliphatic heterocycles. The fourth-order valence-corrected chi connectivity index (χ4v) is 2.58. The molecule has 0 amide bonds. The van der Waals surface area contributed by atoms with Gasteiger partial charge in [-0.25, -0.2) is 0 Å². The smallest absolute Gasteiger partial charge is 0.127 e. The molecule has 0 aliphatic carbocycles. The number of alkyl halides is 1. The van der Waals surface area contributed by atoms with E-state index in [-0.39, 0.29) is 5.38 Å². The van der Waals surface area contributed by atoms with Gasteiger partial charge in [-0.3, -0.25) is 0 Å². The minimum atomic E-state index is -0.299. The van der Waals surface area contributed by atoms with E-state index in [0.717, 1.165) is 29.0 Å². The second kappa shape index (κ2) is 6.67. The summed E-state index contributed by atoms with van der Waals surface area (Å²) in [5, 5.41) is -0.299. The van der Waals surface area contributed by atoms with Crippen molar-refractivity contribution in [2.75, 3.05) is 14.2 Å². The first-order valence-electron chi connectivity index (χ1n) is 6.65. The van der Waals surface area contributed by atoms with Gasteiger partial charge in [0.1, 0.15) is 11.5 Å². The molecule has 0 aliphatic rings. The number of benzene rings is 2. The molecule has 0 radical (unpaired) electrons. The van der Waals surface area contributed by atoms with Crippen LogP contribution in [-0.2, 0) is 6.42 Å². The number of methoxy groups -OCH3 is 2. The van der Waals surface area contributed by atoms with Crippen molar-refractivity contribution in [3.63, 3.8) is 0 Å². The predicted molar refractivity (Wildman–Crippen MR) is 83.1 cm³/mol. The molecule has 0 aromatic heterocycles. The monoisotopic (exact) mass is 290 g/mol. The van der Waals surface area contributed by atoms with Crippen LogP contribution in [0, 0.1) is 0 Å². The largest absolute Gasteiger partial charge is 0.496 e. The van der Waals surface area contributed by atoms with Crippen LogP contribution < -0.4 is 9.47 Å². The molecule has 0 spiro atoms. The maximum atomic E-state index is 6.63. The fourth-order valence-electron chi connectivity index (χ4n) is 2.22. The summed E-state index contributed by atoms with van der Waals surface area (Å²) in [7, 11) is 3.28. The lowest BCUT2D eigenvalue weighted by atomic mass is 10.0. The van der Waals surface area contributed by atoms with Gasteiger partial charge in [0.15, 0.2) is 0 Å². The molecule has 2 aromatic rings. The normalized spacial score (nSPS) is 12.0. The maximum Gasteiger partial charge on any atom is 0.127 e. The first-order chi connectivity index (χ1) is 9.71. The number of hydrogen-bond donors (Lipinski definition) is 0. The van der Waals surface area contributed by atoms with Gasteiger partial charge in [0.05, 0.1) is 25.2 Å². The second-order valence-electron chi connectivity index (χ2n) is 4.53. The fraction of sp³-hybridized carbons (Fsp3) is 0.294. The molecule has 2 nitrogen and oxygen atoms in total. The molecule has 0 bridgehead atoms. The first kappa shape index (κ1) is 14.7. The molecule has 1 atom stereocenters. The van der Waals surface area contributed by atoms with E-state index in [1.165, 1.54) is 5.56 Å². The van der Waals surface area contributed by atoms with Gasteiger partial charge in [-0.15, -0.1) is 11.6 Å². The lowest BCUT2D eigenvalue weighted by Gasteiger charge is -2.18. The highest BCUT2D eigenvalue weighted by Crippen LogP contribution is 2.41. The molecule has 20 heavy (non-hydrogen) atoms. The molecule has 1 unspecified atom stereocenters. The van der Waals surface area contributed by atoms with E-state index in [4.69, 9.17) is 21.1 Å². The third-order valence-electron chi connectivity index (χ3n) is 3.40. The van der Waals surface area contributed by atoms with Gasteiger partial charge in [0.2, 0.25) is 0 Å². The Bertz CT molecular complexity index is 541. The zero-order chi connectivity index (χ0) is 14.5. The number of halogens is 1. The summed E-state index contributed by atoms with van der Waals surface area (Å²) in [5.74, 6) is 1.48. The van der Waals surface area contributed by atoms with Crippen molar-refractivity contribution in [1.82, 2.24) is 0 Å². The van der Waals surface area contributed by atoms with Crippen LogP contribution >= 0.6 is 11.6 Å². The molecule has 3 heteroatoms. The van der Waals surface area contributed by atoms with Crippen LogP contribution in [0.15, 0.2) is 42.5 Å². The zero-order valence-electron chi connectivity index (χ0n) is 12.0. The van der Waals surface area contributed by atoms with Gasteiger partial charge in [-0.1, -0.05) is 37.3 Å². The second-order valence-corrected chi connectivity index (χ2v) is 4.97. The van der Waals surface area contributed by atoms with Crippen molar-refractivity contribution in [2.45, 2.75) is 18.7 Å². The van der Waals surface area contributed by atoms with Gasteiger partial charge < -0.3 is 9.47 Å².